The van der Waals surface area contributed by atoms with E-state index in [1.54, 1.807) is 18.0 Å². The monoisotopic (exact) mass is 367 g/mol. The van der Waals surface area contributed by atoms with E-state index in [4.69, 9.17) is 0 Å². The average molecular weight is 367 g/mol. The highest BCUT2D eigenvalue weighted by molar-refractivity contribution is 5.99. The van der Waals surface area contributed by atoms with Crippen LogP contribution >= 0.6 is 0 Å². The summed E-state index contributed by atoms with van der Waals surface area (Å²) in [6.07, 6.45) is 2.86. The number of nitrogens with zero attached hydrogens (tertiary/aromatic N) is 4. The van der Waals surface area contributed by atoms with Gasteiger partial charge in [-0.15, -0.1) is 10.2 Å². The molecule has 3 heterocycles. The van der Waals surface area contributed by atoms with Gasteiger partial charge >= 0.3 is 0 Å². The predicted molar refractivity (Wildman–Crippen MR) is 102 cm³/mol. The zero-order valence-corrected chi connectivity index (χ0v) is 16.0. The predicted octanol–water partition coefficient (Wildman–Crippen LogP) is 2.06. The van der Waals surface area contributed by atoms with Crippen molar-refractivity contribution in [3.63, 3.8) is 0 Å². The van der Waals surface area contributed by atoms with Gasteiger partial charge in [0.25, 0.3) is 5.91 Å². The number of carbonyl (C=O) groups is 2. The minimum absolute atomic E-state index is 0.0648. The molecule has 0 unspecified atom stereocenters. The highest BCUT2D eigenvalue weighted by Crippen LogP contribution is 2.28. The van der Waals surface area contributed by atoms with Crippen molar-refractivity contribution in [3.8, 4) is 0 Å². The van der Waals surface area contributed by atoms with Gasteiger partial charge in [0.2, 0.25) is 5.91 Å². The lowest BCUT2D eigenvalue weighted by Crippen LogP contribution is -2.41. The first kappa shape index (κ1) is 17.7. The summed E-state index contributed by atoms with van der Waals surface area (Å²) < 4.78 is 2.15. The normalized spacial score (nSPS) is 19.0. The molecule has 1 aromatic carbocycles. The van der Waals surface area contributed by atoms with Crippen LogP contribution in [-0.2, 0) is 24.2 Å². The number of hydrogen-bond acceptors (Lipinski definition) is 4. The fourth-order valence-electron chi connectivity index (χ4n) is 3.96. The molecule has 1 N–H and O–H groups in total. The number of aromatic nitrogens is 3. The molecule has 7 nitrogen and oxygen atoms in total. The molecule has 27 heavy (non-hydrogen) atoms. The number of benzene rings is 1. The molecule has 0 aliphatic carbocycles. The number of nitrogens with one attached hydrogen (secondary N) is 1. The van der Waals surface area contributed by atoms with Crippen LogP contribution < -0.4 is 10.2 Å². The summed E-state index contributed by atoms with van der Waals surface area (Å²) in [6, 6.07) is 5.66. The van der Waals surface area contributed by atoms with Crippen LogP contribution in [0, 0.1) is 0 Å². The molecule has 2 aliphatic heterocycles. The maximum atomic E-state index is 12.8. The zero-order valence-electron chi connectivity index (χ0n) is 16.0. The molecule has 7 heteroatoms. The second-order valence-electron chi connectivity index (χ2n) is 7.75. The topological polar surface area (TPSA) is 80.1 Å². The summed E-state index contributed by atoms with van der Waals surface area (Å²) in [5.41, 5.74) is 2.60. The summed E-state index contributed by atoms with van der Waals surface area (Å²) in [5.74, 6) is 2.34. The number of aryl methyl sites for hydroxylation is 2. The average Bonchev–Trinajstić information content (AvgIpc) is 3.08. The van der Waals surface area contributed by atoms with Gasteiger partial charge in [0, 0.05) is 49.6 Å². The second kappa shape index (κ2) is 6.79. The number of carbonyl (C=O) groups excluding carboxylic acids is 2. The van der Waals surface area contributed by atoms with Crippen LogP contribution in [-0.4, -0.2) is 39.7 Å². The number of fused-ring (bicyclic) bond motifs is 2. The third kappa shape index (κ3) is 3.22. The van der Waals surface area contributed by atoms with Crippen LogP contribution in [0.1, 0.15) is 60.2 Å². The van der Waals surface area contributed by atoms with E-state index in [2.05, 4.69) is 33.9 Å². The van der Waals surface area contributed by atoms with Crippen molar-refractivity contribution in [2.75, 3.05) is 11.9 Å². The Hall–Kier alpha value is -2.70. The number of anilines is 1. The minimum atomic E-state index is -0.0648. The Bertz CT molecular complexity index is 902. The summed E-state index contributed by atoms with van der Waals surface area (Å²) in [7, 11) is 1.78. The van der Waals surface area contributed by atoms with Gasteiger partial charge < -0.3 is 14.8 Å². The summed E-state index contributed by atoms with van der Waals surface area (Å²) >= 11 is 0. The molecule has 4 rings (SSSR count). The lowest BCUT2D eigenvalue weighted by atomic mass is 9.98. The van der Waals surface area contributed by atoms with Crippen LogP contribution in [0.2, 0.25) is 0 Å². The van der Waals surface area contributed by atoms with Crippen molar-refractivity contribution >= 4 is 17.5 Å². The number of amides is 2. The van der Waals surface area contributed by atoms with Gasteiger partial charge in [-0.2, -0.15) is 0 Å². The maximum absolute atomic E-state index is 12.8. The highest BCUT2D eigenvalue weighted by atomic mass is 16.2. The number of rotatable bonds is 3. The lowest BCUT2D eigenvalue weighted by molar-refractivity contribution is -0.118. The van der Waals surface area contributed by atoms with Crippen LogP contribution in [0.25, 0.3) is 0 Å². The van der Waals surface area contributed by atoms with Gasteiger partial charge in [0.15, 0.2) is 0 Å². The van der Waals surface area contributed by atoms with E-state index < -0.39 is 0 Å². The standard InChI is InChI=1S/C20H25N5O2/c1-12(2)19-23-22-17-8-6-15(11-25(17)19)21-20(27)14-4-7-16-13(10-14)5-9-18(26)24(16)3/h4,7,10,12,15H,5-6,8-9,11H2,1-3H3,(H,21,27)/t15-/m0/s1. The minimum Gasteiger partial charge on any atom is -0.347 e. The van der Waals surface area contributed by atoms with Crippen molar-refractivity contribution < 1.29 is 9.59 Å². The lowest BCUT2D eigenvalue weighted by Gasteiger charge is -2.27. The van der Waals surface area contributed by atoms with E-state index in [-0.39, 0.29) is 17.9 Å². The van der Waals surface area contributed by atoms with E-state index >= 15 is 0 Å². The van der Waals surface area contributed by atoms with E-state index in [0.717, 1.165) is 35.7 Å². The first-order valence-electron chi connectivity index (χ1n) is 9.56. The Labute approximate surface area is 158 Å². The third-order valence-corrected chi connectivity index (χ3v) is 5.51. The fourth-order valence-corrected chi connectivity index (χ4v) is 3.96. The molecule has 1 atom stereocenters. The Morgan fingerprint density at radius 3 is 2.81 bits per heavy atom. The summed E-state index contributed by atoms with van der Waals surface area (Å²) in [5, 5.41) is 11.7. The van der Waals surface area contributed by atoms with Gasteiger partial charge in [0.05, 0.1) is 0 Å². The van der Waals surface area contributed by atoms with Crippen molar-refractivity contribution in [3.05, 3.63) is 41.0 Å². The maximum Gasteiger partial charge on any atom is 0.251 e. The molecule has 1 aromatic heterocycles. The van der Waals surface area contributed by atoms with E-state index in [0.29, 0.717) is 30.9 Å². The van der Waals surface area contributed by atoms with E-state index in [9.17, 15) is 9.59 Å². The molecular formula is C20H25N5O2. The van der Waals surface area contributed by atoms with Crippen LogP contribution in [0.5, 0.6) is 0 Å². The molecule has 142 valence electrons. The molecule has 2 aromatic rings. The van der Waals surface area contributed by atoms with Crippen LogP contribution in [0.4, 0.5) is 5.69 Å². The van der Waals surface area contributed by atoms with E-state index in [1.807, 2.05) is 12.1 Å². The second-order valence-corrected chi connectivity index (χ2v) is 7.75. The zero-order chi connectivity index (χ0) is 19.1. The highest BCUT2D eigenvalue weighted by Gasteiger charge is 2.26. The number of hydrogen-bond donors (Lipinski definition) is 1. The molecule has 2 amide bonds. The molecule has 2 aliphatic rings. The quantitative estimate of drug-likeness (QED) is 0.900. The van der Waals surface area contributed by atoms with E-state index in [1.165, 1.54) is 0 Å². The Kier molecular flexibility index (Phi) is 4.45. The van der Waals surface area contributed by atoms with Gasteiger partial charge in [-0.05, 0) is 36.6 Å². The van der Waals surface area contributed by atoms with Gasteiger partial charge in [-0.25, -0.2) is 0 Å². The molecule has 0 spiro atoms. The summed E-state index contributed by atoms with van der Waals surface area (Å²) in [6.45, 7) is 4.92. The molecule has 0 radical (unpaired) electrons. The molecule has 0 bridgehead atoms. The largest absolute Gasteiger partial charge is 0.347 e. The molecule has 0 saturated carbocycles. The SMILES string of the molecule is CC(C)c1nnc2n1C[C@@H](NC(=O)c1ccc3c(c1)CCC(=O)N3C)CC2. The van der Waals surface area contributed by atoms with Crippen LogP contribution in [0.15, 0.2) is 18.2 Å². The van der Waals surface area contributed by atoms with Gasteiger partial charge in [-0.1, -0.05) is 13.8 Å². The van der Waals surface area contributed by atoms with Crippen molar-refractivity contribution in [2.24, 2.45) is 0 Å². The molecule has 0 saturated heterocycles. The Balaban J connectivity index is 1.48. The van der Waals surface area contributed by atoms with Gasteiger partial charge in [0.1, 0.15) is 11.6 Å². The van der Waals surface area contributed by atoms with Crippen molar-refractivity contribution in [1.29, 1.82) is 0 Å². The van der Waals surface area contributed by atoms with Crippen molar-refractivity contribution in [2.45, 2.75) is 58.0 Å². The first-order chi connectivity index (χ1) is 12.9. The smallest absolute Gasteiger partial charge is 0.251 e. The molecular weight excluding hydrogens is 342 g/mol. The van der Waals surface area contributed by atoms with Crippen molar-refractivity contribution in [1.82, 2.24) is 20.1 Å². The Morgan fingerprint density at radius 1 is 1.22 bits per heavy atom. The third-order valence-electron chi connectivity index (χ3n) is 5.51. The van der Waals surface area contributed by atoms with Gasteiger partial charge in [-0.3, -0.25) is 9.59 Å². The fraction of sp³-hybridized carbons (Fsp3) is 0.500. The van der Waals surface area contributed by atoms with Crippen LogP contribution in [0.3, 0.4) is 0 Å². The summed E-state index contributed by atoms with van der Waals surface area (Å²) in [4.78, 5) is 26.3. The first-order valence-corrected chi connectivity index (χ1v) is 9.56. The Morgan fingerprint density at radius 2 is 2.04 bits per heavy atom. The molecule has 0 fully saturated rings.